The van der Waals surface area contributed by atoms with E-state index in [1.54, 1.807) is 0 Å². The molecule has 102 valence electrons. The molecule has 0 bridgehead atoms. The molecule has 0 aliphatic carbocycles. The highest BCUT2D eigenvalue weighted by molar-refractivity contribution is 7.19. The summed E-state index contributed by atoms with van der Waals surface area (Å²) in [6.45, 7) is 3.97. The van der Waals surface area contributed by atoms with Crippen LogP contribution in [0.1, 0.15) is 31.9 Å². The third-order valence-corrected chi connectivity index (χ3v) is 4.32. The number of nitrogens with one attached hydrogen (secondary N) is 1. The van der Waals surface area contributed by atoms with Gasteiger partial charge in [-0.2, -0.15) is 0 Å². The molecule has 2 rings (SSSR count). The van der Waals surface area contributed by atoms with Crippen molar-refractivity contribution in [3.63, 3.8) is 0 Å². The second-order valence-corrected chi connectivity index (χ2v) is 6.05. The Morgan fingerprint density at radius 1 is 1.47 bits per heavy atom. The van der Waals surface area contributed by atoms with Gasteiger partial charge in [0.15, 0.2) is 10.3 Å². The second-order valence-electron chi connectivity index (χ2n) is 4.16. The Kier molecular flexibility index (Phi) is 4.49. The molecule has 0 fully saturated rings. The lowest BCUT2D eigenvalue weighted by atomic mass is 10.2. The lowest BCUT2D eigenvalue weighted by molar-refractivity contribution is -0.116. The summed E-state index contributed by atoms with van der Waals surface area (Å²) in [6.07, 6.45) is 2.44. The van der Waals surface area contributed by atoms with Crippen molar-refractivity contribution >= 4 is 38.8 Å². The number of aromatic nitrogens is 2. The maximum absolute atomic E-state index is 11.7. The summed E-state index contributed by atoms with van der Waals surface area (Å²) in [4.78, 5) is 21.2. The minimum absolute atomic E-state index is 0.0138. The zero-order valence-corrected chi connectivity index (χ0v) is 12.5. The fourth-order valence-corrected chi connectivity index (χ4v) is 3.17. The molecule has 0 atom stereocenters. The zero-order chi connectivity index (χ0) is 13.8. The summed E-state index contributed by atoms with van der Waals surface area (Å²) in [5.74, 6) is 0.0138. The molecule has 0 spiro atoms. The van der Waals surface area contributed by atoms with E-state index in [1.165, 1.54) is 22.7 Å². The zero-order valence-electron chi connectivity index (χ0n) is 10.9. The molecule has 7 heteroatoms. The van der Waals surface area contributed by atoms with E-state index in [9.17, 15) is 4.79 Å². The third kappa shape index (κ3) is 3.51. The Hall–Kier alpha value is -1.47. The second kappa shape index (κ2) is 6.12. The van der Waals surface area contributed by atoms with E-state index in [1.807, 2.05) is 12.3 Å². The molecule has 0 saturated carbocycles. The predicted molar refractivity (Wildman–Crippen MR) is 80.5 cm³/mol. The Morgan fingerprint density at radius 2 is 2.26 bits per heavy atom. The molecule has 2 aromatic heterocycles. The predicted octanol–water partition coefficient (Wildman–Crippen LogP) is 3.29. The summed E-state index contributed by atoms with van der Waals surface area (Å²) < 4.78 is 0. The first-order valence-electron chi connectivity index (χ1n) is 6.08. The average molecular weight is 296 g/mol. The molecule has 2 aromatic rings. The molecular formula is C12H16N4OS2. The summed E-state index contributed by atoms with van der Waals surface area (Å²) in [7, 11) is 0. The average Bonchev–Trinajstić information content (AvgIpc) is 2.93. The van der Waals surface area contributed by atoms with Crippen LogP contribution in [0.15, 0.2) is 5.38 Å². The van der Waals surface area contributed by atoms with Crippen LogP contribution in [-0.4, -0.2) is 15.9 Å². The fourth-order valence-electron chi connectivity index (χ4n) is 1.60. The van der Waals surface area contributed by atoms with E-state index in [-0.39, 0.29) is 5.91 Å². The summed E-state index contributed by atoms with van der Waals surface area (Å²) in [5, 5.41) is 5.89. The molecule has 0 aliphatic heterocycles. The van der Waals surface area contributed by atoms with Crippen LogP contribution in [0, 0.1) is 6.92 Å². The number of anilines is 2. The summed E-state index contributed by atoms with van der Waals surface area (Å²) in [5.41, 5.74) is 7.32. The maximum Gasteiger partial charge on any atom is 0.226 e. The number of unbranched alkanes of at least 4 members (excludes halogenated alkanes) is 1. The van der Waals surface area contributed by atoms with Gasteiger partial charge >= 0.3 is 0 Å². The van der Waals surface area contributed by atoms with E-state index in [0.717, 1.165) is 29.1 Å². The van der Waals surface area contributed by atoms with Crippen LogP contribution >= 0.6 is 22.7 Å². The number of carbonyl (C=O) groups is 1. The Balaban J connectivity index is 2.11. The van der Waals surface area contributed by atoms with Gasteiger partial charge in [0, 0.05) is 11.8 Å². The first-order chi connectivity index (χ1) is 9.10. The Labute approximate surface area is 119 Å². The van der Waals surface area contributed by atoms with Crippen molar-refractivity contribution in [2.75, 3.05) is 11.1 Å². The number of nitrogens with zero attached hydrogens (tertiary/aromatic N) is 2. The van der Waals surface area contributed by atoms with Crippen molar-refractivity contribution in [3.8, 4) is 10.6 Å². The van der Waals surface area contributed by atoms with Crippen molar-refractivity contribution in [1.29, 1.82) is 0 Å². The topological polar surface area (TPSA) is 80.9 Å². The number of rotatable bonds is 5. The van der Waals surface area contributed by atoms with Crippen molar-refractivity contribution in [3.05, 3.63) is 11.1 Å². The van der Waals surface area contributed by atoms with Crippen LogP contribution in [0.5, 0.6) is 0 Å². The van der Waals surface area contributed by atoms with Crippen LogP contribution in [0.2, 0.25) is 0 Å². The van der Waals surface area contributed by atoms with Crippen molar-refractivity contribution in [2.24, 2.45) is 0 Å². The first-order valence-corrected chi connectivity index (χ1v) is 7.78. The highest BCUT2D eigenvalue weighted by atomic mass is 32.1. The lowest BCUT2D eigenvalue weighted by Gasteiger charge is -1.99. The molecule has 5 nitrogen and oxygen atoms in total. The third-order valence-electron chi connectivity index (χ3n) is 2.55. The first kappa shape index (κ1) is 14.0. The van der Waals surface area contributed by atoms with Crippen molar-refractivity contribution in [2.45, 2.75) is 33.1 Å². The number of aryl methyl sites for hydroxylation is 1. The molecular weight excluding hydrogens is 280 g/mol. The summed E-state index contributed by atoms with van der Waals surface area (Å²) in [6, 6.07) is 0. The number of thiazole rings is 2. The van der Waals surface area contributed by atoms with E-state index in [0.29, 0.717) is 16.7 Å². The van der Waals surface area contributed by atoms with Gasteiger partial charge in [-0.05, 0) is 13.3 Å². The number of hydrogen-bond acceptors (Lipinski definition) is 6. The number of nitrogens with two attached hydrogens (primary N) is 1. The number of nitrogen functional groups attached to an aromatic ring is 1. The molecule has 0 radical (unpaired) electrons. The number of amides is 1. The van der Waals surface area contributed by atoms with Crippen LogP contribution in [0.4, 0.5) is 10.3 Å². The van der Waals surface area contributed by atoms with E-state index >= 15 is 0 Å². The maximum atomic E-state index is 11.7. The monoisotopic (exact) mass is 296 g/mol. The fraction of sp³-hybridized carbons (Fsp3) is 0.417. The molecule has 0 aromatic carbocycles. The minimum atomic E-state index is 0.0138. The number of hydrogen-bond donors (Lipinski definition) is 2. The van der Waals surface area contributed by atoms with Crippen LogP contribution in [-0.2, 0) is 4.79 Å². The van der Waals surface area contributed by atoms with E-state index in [2.05, 4.69) is 22.2 Å². The lowest BCUT2D eigenvalue weighted by Crippen LogP contribution is -2.10. The molecule has 3 N–H and O–H groups in total. The van der Waals surface area contributed by atoms with E-state index < -0.39 is 0 Å². The normalized spacial score (nSPS) is 10.6. The van der Waals surface area contributed by atoms with Crippen LogP contribution in [0.3, 0.4) is 0 Å². The van der Waals surface area contributed by atoms with Crippen molar-refractivity contribution in [1.82, 2.24) is 9.97 Å². The van der Waals surface area contributed by atoms with Gasteiger partial charge in [-0.3, -0.25) is 4.79 Å². The summed E-state index contributed by atoms with van der Waals surface area (Å²) >= 11 is 2.83. The van der Waals surface area contributed by atoms with Gasteiger partial charge in [0.1, 0.15) is 0 Å². The van der Waals surface area contributed by atoms with Gasteiger partial charge in [-0.15, -0.1) is 11.3 Å². The van der Waals surface area contributed by atoms with Crippen LogP contribution < -0.4 is 11.1 Å². The standard InChI is InChI=1S/C12H16N4OS2/c1-3-4-5-9(17)16-12-14-7(2)10(19-12)8-6-18-11(13)15-8/h6H,3-5H2,1-2H3,(H2,13,15)(H,14,16,17). The highest BCUT2D eigenvalue weighted by Gasteiger charge is 2.13. The largest absolute Gasteiger partial charge is 0.375 e. The van der Waals surface area contributed by atoms with Crippen molar-refractivity contribution < 1.29 is 4.79 Å². The minimum Gasteiger partial charge on any atom is -0.375 e. The molecule has 2 heterocycles. The SMILES string of the molecule is CCCCC(=O)Nc1nc(C)c(-c2csc(N)n2)s1. The van der Waals surface area contributed by atoms with Crippen LogP contribution in [0.25, 0.3) is 10.6 Å². The van der Waals surface area contributed by atoms with Gasteiger partial charge in [0.2, 0.25) is 5.91 Å². The van der Waals surface area contributed by atoms with Gasteiger partial charge in [0.25, 0.3) is 0 Å². The quantitative estimate of drug-likeness (QED) is 0.887. The smallest absolute Gasteiger partial charge is 0.226 e. The molecule has 0 aliphatic rings. The van der Waals surface area contributed by atoms with Gasteiger partial charge in [-0.1, -0.05) is 24.7 Å². The van der Waals surface area contributed by atoms with E-state index in [4.69, 9.17) is 5.73 Å². The molecule has 19 heavy (non-hydrogen) atoms. The Morgan fingerprint density at radius 3 is 2.89 bits per heavy atom. The molecule has 0 saturated heterocycles. The molecule has 1 amide bonds. The molecule has 0 unspecified atom stereocenters. The van der Waals surface area contributed by atoms with Gasteiger partial charge in [-0.25, -0.2) is 9.97 Å². The number of carbonyl (C=O) groups excluding carboxylic acids is 1. The van der Waals surface area contributed by atoms with Gasteiger partial charge in [0.05, 0.1) is 16.3 Å². The highest BCUT2D eigenvalue weighted by Crippen LogP contribution is 2.33. The Bertz CT molecular complexity index is 576. The van der Waals surface area contributed by atoms with Gasteiger partial charge < -0.3 is 11.1 Å².